The number of benzene rings is 2. The van der Waals surface area contributed by atoms with Gasteiger partial charge in [0.15, 0.2) is 0 Å². The van der Waals surface area contributed by atoms with Crippen LogP contribution in [-0.2, 0) is 15.7 Å². The van der Waals surface area contributed by atoms with Crippen LogP contribution in [0, 0.1) is 0 Å². The Morgan fingerprint density at radius 1 is 0.923 bits per heavy atom. The van der Waals surface area contributed by atoms with Gasteiger partial charge >= 0.3 is 6.18 Å². The van der Waals surface area contributed by atoms with Crippen molar-refractivity contribution in [3.63, 3.8) is 0 Å². The van der Waals surface area contributed by atoms with Crippen molar-refractivity contribution in [1.29, 1.82) is 0 Å². The molecule has 0 amide bonds. The molecule has 0 radical (unpaired) electrons. The molecule has 2 aromatic carbocycles. The smallest absolute Gasteiger partial charge is 0.379 e. The molecule has 1 fully saturated rings. The molecular formula is C20H22F3NO2. The van der Waals surface area contributed by atoms with Crippen LogP contribution in [0.25, 0.3) is 0 Å². The third kappa shape index (κ3) is 5.06. The molecule has 1 heterocycles. The molecule has 0 N–H and O–H groups in total. The number of hydrogen-bond acceptors (Lipinski definition) is 3. The standard InChI is InChI=1S/C20H22F3NO2/c21-20(22,23)18-8-6-17(7-9-18)19(16-4-2-1-3-5-16)26-15-12-24-10-13-25-14-11-24/h1-9,19H,10-15H2. The Morgan fingerprint density at radius 3 is 2.15 bits per heavy atom. The lowest BCUT2D eigenvalue weighted by Gasteiger charge is -2.27. The molecule has 0 spiro atoms. The van der Waals surface area contributed by atoms with E-state index in [1.165, 1.54) is 12.1 Å². The van der Waals surface area contributed by atoms with Gasteiger partial charge in [-0.25, -0.2) is 0 Å². The Labute approximate surface area is 151 Å². The zero-order valence-corrected chi connectivity index (χ0v) is 14.4. The summed E-state index contributed by atoms with van der Waals surface area (Å²) in [5.41, 5.74) is 0.988. The summed E-state index contributed by atoms with van der Waals surface area (Å²) in [6, 6.07) is 14.8. The van der Waals surface area contributed by atoms with E-state index in [1.807, 2.05) is 30.3 Å². The summed E-state index contributed by atoms with van der Waals surface area (Å²) in [4.78, 5) is 2.26. The zero-order valence-electron chi connectivity index (χ0n) is 14.4. The maximum absolute atomic E-state index is 12.8. The third-order valence-electron chi connectivity index (χ3n) is 4.44. The Balaban J connectivity index is 1.71. The largest absolute Gasteiger partial charge is 0.416 e. The SMILES string of the molecule is FC(F)(F)c1ccc(C(OCCN2CCOCC2)c2ccccc2)cc1. The van der Waals surface area contributed by atoms with Crippen molar-refractivity contribution in [2.24, 2.45) is 0 Å². The minimum Gasteiger partial charge on any atom is -0.379 e. The number of halogens is 3. The van der Waals surface area contributed by atoms with Crippen molar-refractivity contribution in [3.8, 4) is 0 Å². The van der Waals surface area contributed by atoms with Gasteiger partial charge in [-0.2, -0.15) is 13.2 Å². The number of rotatable bonds is 6. The molecule has 0 aliphatic carbocycles. The lowest BCUT2D eigenvalue weighted by atomic mass is 10.00. The van der Waals surface area contributed by atoms with Gasteiger partial charge in [0.2, 0.25) is 0 Å². The van der Waals surface area contributed by atoms with E-state index in [9.17, 15) is 13.2 Å². The molecule has 2 aromatic rings. The quantitative estimate of drug-likeness (QED) is 0.768. The highest BCUT2D eigenvalue weighted by Gasteiger charge is 2.30. The average Bonchev–Trinajstić information content (AvgIpc) is 2.66. The summed E-state index contributed by atoms with van der Waals surface area (Å²) in [6.45, 7) is 4.47. The topological polar surface area (TPSA) is 21.7 Å². The summed E-state index contributed by atoms with van der Waals surface area (Å²) < 4.78 is 49.8. The molecule has 1 unspecified atom stereocenters. The number of hydrogen-bond donors (Lipinski definition) is 0. The molecule has 0 bridgehead atoms. The predicted octanol–water partition coefficient (Wildman–Crippen LogP) is 4.14. The molecule has 0 saturated carbocycles. The average molecular weight is 365 g/mol. The molecule has 3 nitrogen and oxygen atoms in total. The highest BCUT2D eigenvalue weighted by atomic mass is 19.4. The van der Waals surface area contributed by atoms with Crippen molar-refractivity contribution in [1.82, 2.24) is 4.90 Å². The predicted molar refractivity (Wildman–Crippen MR) is 92.9 cm³/mol. The van der Waals surface area contributed by atoms with Gasteiger partial charge < -0.3 is 9.47 Å². The second-order valence-corrected chi connectivity index (χ2v) is 6.24. The lowest BCUT2D eigenvalue weighted by molar-refractivity contribution is -0.137. The molecule has 1 aliphatic heterocycles. The van der Waals surface area contributed by atoms with Crippen molar-refractivity contribution in [2.75, 3.05) is 39.5 Å². The number of morpholine rings is 1. The summed E-state index contributed by atoms with van der Waals surface area (Å²) in [5, 5.41) is 0. The Kier molecular flexibility index (Phi) is 6.29. The van der Waals surface area contributed by atoms with Crippen molar-refractivity contribution < 1.29 is 22.6 Å². The normalized spacial score (nSPS) is 17.2. The monoisotopic (exact) mass is 365 g/mol. The van der Waals surface area contributed by atoms with E-state index in [1.54, 1.807) is 0 Å². The van der Waals surface area contributed by atoms with Gasteiger partial charge in [-0.1, -0.05) is 42.5 Å². The van der Waals surface area contributed by atoms with Crippen LogP contribution < -0.4 is 0 Å². The first-order valence-electron chi connectivity index (χ1n) is 8.68. The van der Waals surface area contributed by atoms with Crippen LogP contribution in [0.5, 0.6) is 0 Å². The van der Waals surface area contributed by atoms with Crippen LogP contribution in [0.3, 0.4) is 0 Å². The van der Waals surface area contributed by atoms with Gasteiger partial charge in [-0.3, -0.25) is 4.90 Å². The molecule has 1 atom stereocenters. The lowest BCUT2D eigenvalue weighted by Crippen LogP contribution is -2.38. The highest BCUT2D eigenvalue weighted by molar-refractivity contribution is 5.33. The van der Waals surface area contributed by atoms with Gasteiger partial charge in [0, 0.05) is 19.6 Å². The van der Waals surface area contributed by atoms with Gasteiger partial charge in [0.05, 0.1) is 25.4 Å². The summed E-state index contributed by atoms with van der Waals surface area (Å²) in [6.07, 6.45) is -4.72. The fourth-order valence-electron chi connectivity index (χ4n) is 2.98. The third-order valence-corrected chi connectivity index (χ3v) is 4.44. The molecule has 3 rings (SSSR count). The maximum atomic E-state index is 12.8. The van der Waals surface area contributed by atoms with Crippen LogP contribution >= 0.6 is 0 Å². The molecule has 6 heteroatoms. The summed E-state index contributed by atoms with van der Waals surface area (Å²) >= 11 is 0. The second kappa shape index (κ2) is 8.66. The van der Waals surface area contributed by atoms with Gasteiger partial charge in [-0.05, 0) is 23.3 Å². The number of alkyl halides is 3. The van der Waals surface area contributed by atoms with Crippen molar-refractivity contribution in [3.05, 3.63) is 71.3 Å². The minimum absolute atomic E-state index is 0.389. The molecule has 1 saturated heterocycles. The van der Waals surface area contributed by atoms with Crippen molar-refractivity contribution in [2.45, 2.75) is 12.3 Å². The Morgan fingerprint density at radius 2 is 1.54 bits per heavy atom. The van der Waals surface area contributed by atoms with E-state index in [0.717, 1.165) is 50.5 Å². The number of ether oxygens (including phenoxy) is 2. The first-order valence-corrected chi connectivity index (χ1v) is 8.68. The van der Waals surface area contributed by atoms with Crippen LogP contribution in [0.4, 0.5) is 13.2 Å². The van der Waals surface area contributed by atoms with Crippen LogP contribution in [0.2, 0.25) is 0 Å². The number of nitrogens with zero attached hydrogens (tertiary/aromatic N) is 1. The summed E-state index contributed by atoms with van der Waals surface area (Å²) in [5.74, 6) is 0. The van der Waals surface area contributed by atoms with E-state index in [0.29, 0.717) is 12.2 Å². The Bertz CT molecular complexity index is 668. The second-order valence-electron chi connectivity index (χ2n) is 6.24. The molecule has 26 heavy (non-hydrogen) atoms. The molecule has 140 valence electrons. The molecule has 1 aliphatic rings. The van der Waals surface area contributed by atoms with Crippen LogP contribution in [0.15, 0.2) is 54.6 Å². The van der Waals surface area contributed by atoms with Gasteiger partial charge in [-0.15, -0.1) is 0 Å². The first-order chi connectivity index (χ1) is 12.5. The van der Waals surface area contributed by atoms with E-state index in [2.05, 4.69) is 4.90 Å². The van der Waals surface area contributed by atoms with E-state index < -0.39 is 11.7 Å². The van der Waals surface area contributed by atoms with E-state index >= 15 is 0 Å². The first kappa shape index (κ1) is 18.9. The van der Waals surface area contributed by atoms with E-state index in [4.69, 9.17) is 9.47 Å². The van der Waals surface area contributed by atoms with Gasteiger partial charge in [0.1, 0.15) is 6.10 Å². The van der Waals surface area contributed by atoms with Crippen molar-refractivity contribution >= 4 is 0 Å². The minimum atomic E-state index is -4.34. The van der Waals surface area contributed by atoms with Crippen LogP contribution in [0.1, 0.15) is 22.8 Å². The molecular weight excluding hydrogens is 343 g/mol. The van der Waals surface area contributed by atoms with E-state index in [-0.39, 0.29) is 6.10 Å². The Hall–Kier alpha value is -1.89. The molecule has 0 aromatic heterocycles. The zero-order chi connectivity index (χ0) is 18.4. The fourth-order valence-corrected chi connectivity index (χ4v) is 2.98. The summed E-state index contributed by atoms with van der Waals surface area (Å²) in [7, 11) is 0. The van der Waals surface area contributed by atoms with Gasteiger partial charge in [0.25, 0.3) is 0 Å². The highest BCUT2D eigenvalue weighted by Crippen LogP contribution is 2.32. The van der Waals surface area contributed by atoms with Crippen LogP contribution in [-0.4, -0.2) is 44.4 Å². The maximum Gasteiger partial charge on any atom is 0.416 e. The fraction of sp³-hybridized carbons (Fsp3) is 0.400.